The molecule has 26 heavy (non-hydrogen) atoms. The van der Waals surface area contributed by atoms with E-state index in [0.717, 1.165) is 30.4 Å². The van der Waals surface area contributed by atoms with Crippen molar-refractivity contribution >= 4 is 23.5 Å². The molecule has 1 N–H and O–H groups in total. The van der Waals surface area contributed by atoms with Crippen LogP contribution < -0.4 is 10.9 Å². The number of carbonyl (C=O) groups is 3. The summed E-state index contributed by atoms with van der Waals surface area (Å²) in [6.07, 6.45) is 0. The molecule has 0 aliphatic heterocycles. The predicted octanol–water partition coefficient (Wildman–Crippen LogP) is 1.43. The molecule has 8 nitrogen and oxygen atoms in total. The van der Waals surface area contributed by atoms with E-state index in [2.05, 4.69) is 5.32 Å². The average Bonchev–Trinajstić information content (AvgIpc) is 2.64. The van der Waals surface area contributed by atoms with E-state index in [0.29, 0.717) is 0 Å². The van der Waals surface area contributed by atoms with E-state index in [1.54, 1.807) is 30.3 Å². The summed E-state index contributed by atoms with van der Waals surface area (Å²) in [7, 11) is 2.29. The molecule has 0 atom stereocenters. The van der Waals surface area contributed by atoms with Gasteiger partial charge in [-0.25, -0.2) is 9.59 Å². The van der Waals surface area contributed by atoms with Gasteiger partial charge in [-0.05, 0) is 11.6 Å². The number of carbonyl (C=O) groups excluding carboxylic acids is 3. The van der Waals surface area contributed by atoms with Gasteiger partial charge >= 0.3 is 11.9 Å². The van der Waals surface area contributed by atoms with E-state index in [1.807, 2.05) is 0 Å². The van der Waals surface area contributed by atoms with Gasteiger partial charge in [0, 0.05) is 6.92 Å². The van der Waals surface area contributed by atoms with Crippen molar-refractivity contribution in [3.05, 3.63) is 63.6 Å². The van der Waals surface area contributed by atoms with Crippen LogP contribution in [0.1, 0.15) is 33.3 Å². The Kier molecular flexibility index (Phi) is 5.90. The van der Waals surface area contributed by atoms with Crippen molar-refractivity contribution in [2.75, 3.05) is 19.5 Å². The predicted molar refractivity (Wildman–Crippen MR) is 93.2 cm³/mol. The highest BCUT2D eigenvalue weighted by Crippen LogP contribution is 2.17. The Morgan fingerprint density at radius 1 is 1.04 bits per heavy atom. The molecular formula is C18H18N2O6. The lowest BCUT2D eigenvalue weighted by Crippen LogP contribution is -2.33. The van der Waals surface area contributed by atoms with Crippen LogP contribution in [0.25, 0.3) is 0 Å². The molecule has 0 saturated carbocycles. The van der Waals surface area contributed by atoms with Gasteiger partial charge in [0.15, 0.2) is 0 Å². The number of ether oxygens (including phenoxy) is 2. The Morgan fingerprint density at radius 2 is 1.65 bits per heavy atom. The summed E-state index contributed by atoms with van der Waals surface area (Å²) < 4.78 is 10.5. The molecule has 1 heterocycles. The largest absolute Gasteiger partial charge is 0.465 e. The minimum atomic E-state index is -0.868. The topological polar surface area (TPSA) is 104 Å². The number of anilines is 1. The van der Waals surface area contributed by atoms with Crippen LogP contribution in [0, 0.1) is 0 Å². The molecule has 0 aliphatic rings. The summed E-state index contributed by atoms with van der Waals surface area (Å²) in [6.45, 7) is 1.23. The highest BCUT2D eigenvalue weighted by molar-refractivity contribution is 6.03. The van der Waals surface area contributed by atoms with Crippen LogP contribution in [0.3, 0.4) is 0 Å². The highest BCUT2D eigenvalue weighted by atomic mass is 16.5. The summed E-state index contributed by atoms with van der Waals surface area (Å²) in [5, 5.41) is 2.37. The van der Waals surface area contributed by atoms with Crippen molar-refractivity contribution in [2.24, 2.45) is 0 Å². The second kappa shape index (κ2) is 8.11. The lowest BCUT2D eigenvalue weighted by atomic mass is 10.1. The van der Waals surface area contributed by atoms with Crippen LogP contribution in [-0.2, 0) is 20.8 Å². The van der Waals surface area contributed by atoms with Crippen LogP contribution in [0.2, 0.25) is 0 Å². The third-order valence-corrected chi connectivity index (χ3v) is 3.57. The van der Waals surface area contributed by atoms with Crippen molar-refractivity contribution in [3.63, 3.8) is 0 Å². The monoisotopic (exact) mass is 358 g/mol. The number of hydrogen-bond donors (Lipinski definition) is 1. The lowest BCUT2D eigenvalue weighted by molar-refractivity contribution is -0.114. The van der Waals surface area contributed by atoms with Crippen molar-refractivity contribution < 1.29 is 23.9 Å². The van der Waals surface area contributed by atoms with Gasteiger partial charge in [0.2, 0.25) is 5.91 Å². The van der Waals surface area contributed by atoms with E-state index in [4.69, 9.17) is 9.47 Å². The molecule has 0 unspecified atom stereocenters. The lowest BCUT2D eigenvalue weighted by Gasteiger charge is -2.17. The van der Waals surface area contributed by atoms with Crippen LogP contribution in [0.5, 0.6) is 0 Å². The number of esters is 2. The minimum Gasteiger partial charge on any atom is -0.465 e. The van der Waals surface area contributed by atoms with Gasteiger partial charge in [0.25, 0.3) is 5.56 Å². The Labute approximate surface area is 149 Å². The standard InChI is InChI=1S/C18H18N2O6/c1-11(21)19-14-9-13(17(23)25-2)15(18(24)26-3)20(16(14)22)10-12-7-5-4-6-8-12/h4-9H,10H2,1-3H3,(H,19,21). The van der Waals surface area contributed by atoms with Crippen molar-refractivity contribution in [3.8, 4) is 0 Å². The Balaban J connectivity index is 2.78. The number of hydrogen-bond acceptors (Lipinski definition) is 6. The fraction of sp³-hybridized carbons (Fsp3) is 0.222. The van der Waals surface area contributed by atoms with Gasteiger partial charge in [-0.1, -0.05) is 30.3 Å². The van der Waals surface area contributed by atoms with Gasteiger partial charge in [-0.15, -0.1) is 0 Å². The third kappa shape index (κ3) is 3.97. The van der Waals surface area contributed by atoms with Gasteiger partial charge in [0.05, 0.1) is 26.3 Å². The van der Waals surface area contributed by atoms with Crippen LogP contribution in [0.4, 0.5) is 5.69 Å². The number of nitrogens with zero attached hydrogens (tertiary/aromatic N) is 1. The summed E-state index contributed by atoms with van der Waals surface area (Å²) in [5.41, 5.74) is -0.491. The number of methoxy groups -OCH3 is 2. The summed E-state index contributed by atoms with van der Waals surface area (Å²) in [5.74, 6) is -2.19. The second-order valence-electron chi connectivity index (χ2n) is 5.36. The molecule has 0 fully saturated rings. The van der Waals surface area contributed by atoms with Crippen molar-refractivity contribution in [1.29, 1.82) is 0 Å². The molecule has 0 saturated heterocycles. The zero-order chi connectivity index (χ0) is 19.3. The summed E-state index contributed by atoms with van der Waals surface area (Å²) >= 11 is 0. The van der Waals surface area contributed by atoms with Crippen molar-refractivity contribution in [2.45, 2.75) is 13.5 Å². The molecule has 0 radical (unpaired) electrons. The molecule has 2 rings (SSSR count). The Hall–Kier alpha value is -3.42. The van der Waals surface area contributed by atoms with E-state index in [9.17, 15) is 19.2 Å². The molecule has 0 aliphatic carbocycles. The first-order valence-corrected chi connectivity index (χ1v) is 7.65. The molecule has 0 bridgehead atoms. The normalized spacial score (nSPS) is 10.1. The zero-order valence-corrected chi connectivity index (χ0v) is 14.6. The van der Waals surface area contributed by atoms with Crippen molar-refractivity contribution in [1.82, 2.24) is 4.57 Å². The smallest absolute Gasteiger partial charge is 0.355 e. The SMILES string of the molecule is COC(=O)c1cc(NC(C)=O)c(=O)n(Cc2ccccc2)c1C(=O)OC. The quantitative estimate of drug-likeness (QED) is 0.811. The van der Waals surface area contributed by atoms with E-state index in [1.165, 1.54) is 6.92 Å². The fourth-order valence-corrected chi connectivity index (χ4v) is 2.45. The highest BCUT2D eigenvalue weighted by Gasteiger charge is 2.26. The number of aromatic nitrogens is 1. The molecule has 1 amide bonds. The Morgan fingerprint density at radius 3 is 2.19 bits per heavy atom. The first kappa shape index (κ1) is 18.9. The number of nitrogens with one attached hydrogen (secondary N) is 1. The zero-order valence-electron chi connectivity index (χ0n) is 14.6. The van der Waals surface area contributed by atoms with E-state index >= 15 is 0 Å². The van der Waals surface area contributed by atoms with Gasteiger partial charge in [-0.3, -0.25) is 14.2 Å². The van der Waals surface area contributed by atoms with Crippen LogP contribution in [0.15, 0.2) is 41.2 Å². The summed E-state index contributed by atoms with van der Waals surface area (Å²) in [6, 6.07) is 9.99. The van der Waals surface area contributed by atoms with E-state index in [-0.39, 0.29) is 23.5 Å². The van der Waals surface area contributed by atoms with Crippen LogP contribution >= 0.6 is 0 Å². The molecule has 2 aromatic rings. The minimum absolute atomic E-state index is 0.00151. The maximum absolute atomic E-state index is 12.8. The maximum atomic E-state index is 12.8. The van der Waals surface area contributed by atoms with Gasteiger partial charge in [0.1, 0.15) is 11.4 Å². The molecule has 1 aromatic heterocycles. The number of benzene rings is 1. The molecule has 1 aromatic carbocycles. The van der Waals surface area contributed by atoms with E-state index < -0.39 is 23.4 Å². The summed E-state index contributed by atoms with van der Waals surface area (Å²) in [4.78, 5) is 48.6. The third-order valence-electron chi connectivity index (χ3n) is 3.57. The van der Waals surface area contributed by atoms with Gasteiger partial charge < -0.3 is 14.8 Å². The maximum Gasteiger partial charge on any atom is 0.355 e. The fourth-order valence-electron chi connectivity index (χ4n) is 2.45. The Bertz CT molecular complexity index is 902. The number of rotatable bonds is 5. The molecule has 136 valence electrons. The van der Waals surface area contributed by atoms with Crippen LogP contribution in [-0.4, -0.2) is 36.6 Å². The molecule has 8 heteroatoms. The number of pyridine rings is 1. The second-order valence-corrected chi connectivity index (χ2v) is 5.36. The molecule has 0 spiro atoms. The van der Waals surface area contributed by atoms with Gasteiger partial charge in [-0.2, -0.15) is 0 Å². The first-order chi connectivity index (χ1) is 12.4. The first-order valence-electron chi connectivity index (χ1n) is 7.65. The molecular weight excluding hydrogens is 340 g/mol. The number of amides is 1. The average molecular weight is 358 g/mol.